The predicted octanol–water partition coefficient (Wildman–Crippen LogP) is 3.59. The molecular weight excluding hydrogens is 448 g/mol. The first kappa shape index (κ1) is 18.6. The molecule has 5 nitrogen and oxygen atoms in total. The third-order valence-electron chi connectivity index (χ3n) is 4.79. The van der Waals surface area contributed by atoms with Crippen molar-refractivity contribution in [3.63, 3.8) is 0 Å². The van der Waals surface area contributed by atoms with Gasteiger partial charge in [0.2, 0.25) is 0 Å². The van der Waals surface area contributed by atoms with Gasteiger partial charge in [-0.05, 0) is 60.1 Å². The Morgan fingerprint density at radius 2 is 2.08 bits per heavy atom. The second-order valence-electron chi connectivity index (χ2n) is 6.42. The maximum Gasteiger partial charge on any atom is 0.259 e. The molecule has 0 fully saturated rings. The lowest BCUT2D eigenvalue weighted by atomic mass is 9.93. The highest BCUT2D eigenvalue weighted by atomic mass is 127. The topological polar surface area (TPSA) is 79.2 Å². The van der Waals surface area contributed by atoms with E-state index in [0.717, 1.165) is 16.8 Å². The number of rotatable bonds is 3. The van der Waals surface area contributed by atoms with Crippen molar-refractivity contribution in [2.45, 2.75) is 20.3 Å². The Morgan fingerprint density at radius 1 is 1.38 bits per heavy atom. The third-order valence-corrected chi connectivity index (χ3v) is 5.25. The maximum absolute atomic E-state index is 15.0. The van der Waals surface area contributed by atoms with Gasteiger partial charge >= 0.3 is 0 Å². The summed E-state index contributed by atoms with van der Waals surface area (Å²) in [5.41, 5.74) is 8.94. The molecule has 3 rings (SSSR count). The summed E-state index contributed by atoms with van der Waals surface area (Å²) in [7, 11) is 0. The van der Waals surface area contributed by atoms with Crippen molar-refractivity contribution >= 4 is 50.9 Å². The van der Waals surface area contributed by atoms with Gasteiger partial charge in [0, 0.05) is 29.7 Å². The number of benzene rings is 1. The van der Waals surface area contributed by atoms with E-state index in [-0.39, 0.29) is 11.5 Å². The summed E-state index contributed by atoms with van der Waals surface area (Å²) in [5, 5.41) is 0.644. The monoisotopic (exact) mass is 467 g/mol. The van der Waals surface area contributed by atoms with Gasteiger partial charge in [-0.1, -0.05) is 12.7 Å². The molecule has 2 aromatic rings. The smallest absolute Gasteiger partial charge is 0.259 e. The summed E-state index contributed by atoms with van der Waals surface area (Å²) in [5.74, 6) is -1.34. The number of carbonyl (C=O) groups excluding carboxylic acids is 2. The molecule has 2 heterocycles. The molecule has 0 unspecified atom stereocenters. The van der Waals surface area contributed by atoms with Crippen LogP contribution in [0, 0.1) is 19.7 Å². The normalized spacial score (nSPS) is 14.5. The number of hydrogen-bond donors (Lipinski definition) is 2. The van der Waals surface area contributed by atoms with Crippen molar-refractivity contribution in [2.24, 2.45) is 5.73 Å². The lowest BCUT2D eigenvalue weighted by Crippen LogP contribution is -2.35. The lowest BCUT2D eigenvalue weighted by Gasteiger charge is -2.28. The molecule has 1 aliphatic heterocycles. The number of carbonyl (C=O) groups is 2. The molecule has 1 aliphatic rings. The van der Waals surface area contributed by atoms with Crippen molar-refractivity contribution in [2.75, 3.05) is 13.1 Å². The highest BCUT2D eigenvalue weighted by Gasteiger charge is 2.26. The molecule has 136 valence electrons. The van der Waals surface area contributed by atoms with Crippen LogP contribution < -0.4 is 5.73 Å². The molecular formula is C19H19FIN3O2. The SMILES string of the molecule is C=C(I)C(=O)N1CCC=C(c2c(F)cc(C(N)=O)c3[nH]c(C)c(C)c23)C1. The molecule has 26 heavy (non-hydrogen) atoms. The Kier molecular flexibility index (Phi) is 4.92. The molecule has 0 aliphatic carbocycles. The molecule has 0 saturated heterocycles. The molecule has 1 aromatic carbocycles. The fraction of sp³-hybridized carbons (Fsp3) is 0.263. The van der Waals surface area contributed by atoms with E-state index < -0.39 is 11.7 Å². The van der Waals surface area contributed by atoms with E-state index in [4.69, 9.17) is 5.73 Å². The Morgan fingerprint density at radius 3 is 2.69 bits per heavy atom. The third kappa shape index (κ3) is 3.04. The van der Waals surface area contributed by atoms with Gasteiger partial charge in [0.1, 0.15) is 5.82 Å². The van der Waals surface area contributed by atoms with Gasteiger partial charge in [0.15, 0.2) is 0 Å². The first-order valence-corrected chi connectivity index (χ1v) is 9.24. The molecule has 0 atom stereocenters. The fourth-order valence-corrected chi connectivity index (χ4v) is 3.74. The van der Waals surface area contributed by atoms with Crippen LogP contribution in [0.1, 0.15) is 33.6 Å². The number of halogens is 2. The van der Waals surface area contributed by atoms with Gasteiger partial charge < -0.3 is 15.6 Å². The van der Waals surface area contributed by atoms with Gasteiger partial charge in [-0.15, -0.1) is 0 Å². The Hall–Kier alpha value is -2.16. The minimum atomic E-state index is -0.683. The van der Waals surface area contributed by atoms with Crippen LogP contribution in [0.5, 0.6) is 0 Å². The van der Waals surface area contributed by atoms with Crippen molar-refractivity contribution in [3.05, 3.63) is 50.5 Å². The second-order valence-corrected chi connectivity index (χ2v) is 7.72. The van der Waals surface area contributed by atoms with E-state index in [2.05, 4.69) is 11.6 Å². The minimum Gasteiger partial charge on any atom is -0.366 e. The van der Waals surface area contributed by atoms with Crippen LogP contribution in [0.4, 0.5) is 4.39 Å². The van der Waals surface area contributed by atoms with Crippen LogP contribution in [0.3, 0.4) is 0 Å². The molecule has 7 heteroatoms. The highest BCUT2D eigenvalue weighted by Crippen LogP contribution is 2.36. The number of nitrogens with two attached hydrogens (primary N) is 1. The molecule has 0 spiro atoms. The number of amides is 2. The van der Waals surface area contributed by atoms with E-state index in [1.807, 2.05) is 42.5 Å². The number of fused-ring (bicyclic) bond motifs is 1. The van der Waals surface area contributed by atoms with Crippen molar-refractivity contribution in [3.8, 4) is 0 Å². The van der Waals surface area contributed by atoms with Crippen LogP contribution in [0.25, 0.3) is 16.5 Å². The number of nitrogens with one attached hydrogen (secondary N) is 1. The number of H-pyrrole nitrogens is 1. The predicted molar refractivity (Wildman–Crippen MR) is 109 cm³/mol. The summed E-state index contributed by atoms with van der Waals surface area (Å²) in [4.78, 5) is 28.8. The Balaban J connectivity index is 2.20. The minimum absolute atomic E-state index is 0.127. The first-order valence-electron chi connectivity index (χ1n) is 8.16. The van der Waals surface area contributed by atoms with Gasteiger partial charge in [-0.25, -0.2) is 4.39 Å². The van der Waals surface area contributed by atoms with Crippen LogP contribution in [0.15, 0.2) is 22.3 Å². The summed E-state index contributed by atoms with van der Waals surface area (Å²) in [6.45, 7) is 8.30. The number of hydrogen-bond acceptors (Lipinski definition) is 2. The van der Waals surface area contributed by atoms with E-state index >= 15 is 4.39 Å². The van der Waals surface area contributed by atoms with Crippen molar-refractivity contribution < 1.29 is 14.0 Å². The van der Waals surface area contributed by atoms with Crippen molar-refractivity contribution in [1.82, 2.24) is 9.88 Å². The summed E-state index contributed by atoms with van der Waals surface area (Å²) in [6.07, 6.45) is 2.58. The molecule has 0 bridgehead atoms. The largest absolute Gasteiger partial charge is 0.366 e. The Labute approximate surface area is 164 Å². The number of aryl methyl sites for hydroxylation is 2. The quantitative estimate of drug-likeness (QED) is 0.535. The average molecular weight is 467 g/mol. The van der Waals surface area contributed by atoms with Gasteiger partial charge in [0.05, 0.1) is 14.7 Å². The standard InChI is InChI=1S/C19H19FIN3O2/c1-9-11(3)23-17-13(18(22)25)7-14(20)16(15(9)17)12-5-4-6-24(8-12)19(26)10(2)21/h5,7,23H,2,4,6,8H2,1,3H3,(H2,22,25). The Bertz CT molecular complexity index is 991. The molecule has 0 saturated carbocycles. The molecule has 2 amide bonds. The average Bonchev–Trinajstić information content (AvgIpc) is 2.88. The fourth-order valence-electron chi connectivity index (χ4n) is 3.40. The molecule has 0 radical (unpaired) electrons. The molecule has 1 aromatic heterocycles. The number of primary amides is 1. The van der Waals surface area contributed by atoms with Crippen LogP contribution >= 0.6 is 22.6 Å². The first-order chi connectivity index (χ1) is 12.2. The maximum atomic E-state index is 15.0. The van der Waals surface area contributed by atoms with Gasteiger partial charge in [-0.2, -0.15) is 0 Å². The summed E-state index contributed by atoms with van der Waals surface area (Å²) in [6, 6.07) is 1.17. The van der Waals surface area contributed by atoms with E-state index in [1.54, 1.807) is 4.90 Å². The van der Waals surface area contributed by atoms with E-state index in [1.165, 1.54) is 6.07 Å². The van der Waals surface area contributed by atoms with Crippen LogP contribution in [-0.2, 0) is 4.79 Å². The lowest BCUT2D eigenvalue weighted by molar-refractivity contribution is -0.125. The van der Waals surface area contributed by atoms with Gasteiger partial charge in [-0.3, -0.25) is 9.59 Å². The van der Waals surface area contributed by atoms with E-state index in [0.29, 0.717) is 39.6 Å². The zero-order valence-corrected chi connectivity index (χ0v) is 16.7. The molecule has 3 N–H and O–H groups in total. The summed E-state index contributed by atoms with van der Waals surface area (Å²) < 4.78 is 15.4. The van der Waals surface area contributed by atoms with Crippen LogP contribution in [0.2, 0.25) is 0 Å². The highest BCUT2D eigenvalue weighted by molar-refractivity contribution is 14.1. The second kappa shape index (κ2) is 6.86. The van der Waals surface area contributed by atoms with Gasteiger partial charge in [0.25, 0.3) is 11.8 Å². The van der Waals surface area contributed by atoms with E-state index in [9.17, 15) is 9.59 Å². The number of aromatic amines is 1. The zero-order chi connectivity index (χ0) is 19.2. The van der Waals surface area contributed by atoms with Crippen LogP contribution in [-0.4, -0.2) is 34.8 Å². The number of nitrogens with zero attached hydrogens (tertiary/aromatic N) is 1. The summed E-state index contributed by atoms with van der Waals surface area (Å²) >= 11 is 1.90. The number of aromatic nitrogens is 1. The zero-order valence-electron chi connectivity index (χ0n) is 14.6. The van der Waals surface area contributed by atoms with Crippen molar-refractivity contribution in [1.29, 1.82) is 0 Å².